The molecule has 0 heterocycles. The van der Waals surface area contributed by atoms with E-state index in [0.29, 0.717) is 19.3 Å². The lowest BCUT2D eigenvalue weighted by molar-refractivity contribution is -0.128. The van der Waals surface area contributed by atoms with E-state index in [0.717, 1.165) is 12.8 Å². The van der Waals surface area contributed by atoms with Crippen LogP contribution in [0.4, 0.5) is 0 Å². The summed E-state index contributed by atoms with van der Waals surface area (Å²) in [6, 6.07) is 0. The van der Waals surface area contributed by atoms with Crippen LogP contribution in [0.15, 0.2) is 0 Å². The fraction of sp³-hybridized carbons (Fsp3) is 0.900. The second kappa shape index (κ2) is 4.75. The Morgan fingerprint density at radius 2 is 2.29 bits per heavy atom. The SMILES string of the molecule is CCNC(C)(COC1CCC1)C(N)=O. The van der Waals surface area contributed by atoms with E-state index in [1.807, 2.05) is 6.92 Å². The van der Waals surface area contributed by atoms with Crippen molar-refractivity contribution in [2.24, 2.45) is 5.73 Å². The van der Waals surface area contributed by atoms with E-state index in [-0.39, 0.29) is 5.91 Å². The third-order valence-electron chi connectivity index (χ3n) is 2.77. The predicted molar refractivity (Wildman–Crippen MR) is 54.9 cm³/mol. The Morgan fingerprint density at radius 3 is 2.64 bits per heavy atom. The van der Waals surface area contributed by atoms with Crippen molar-refractivity contribution < 1.29 is 9.53 Å². The van der Waals surface area contributed by atoms with Crippen molar-refractivity contribution in [1.82, 2.24) is 5.32 Å². The van der Waals surface area contributed by atoms with Gasteiger partial charge in [-0.2, -0.15) is 0 Å². The summed E-state index contributed by atoms with van der Waals surface area (Å²) in [5.74, 6) is -0.348. The predicted octanol–water partition coefficient (Wildman–Crippen LogP) is 0.409. The fourth-order valence-electron chi connectivity index (χ4n) is 1.42. The Morgan fingerprint density at radius 1 is 1.64 bits per heavy atom. The van der Waals surface area contributed by atoms with Gasteiger partial charge in [0.15, 0.2) is 0 Å². The highest BCUT2D eigenvalue weighted by molar-refractivity contribution is 5.84. The highest BCUT2D eigenvalue weighted by Gasteiger charge is 2.32. The molecular formula is C10H20N2O2. The van der Waals surface area contributed by atoms with Crippen molar-refractivity contribution in [3.63, 3.8) is 0 Å². The third-order valence-corrected chi connectivity index (χ3v) is 2.77. The summed E-state index contributed by atoms with van der Waals surface area (Å²) in [5.41, 5.74) is 4.60. The van der Waals surface area contributed by atoms with E-state index in [4.69, 9.17) is 10.5 Å². The van der Waals surface area contributed by atoms with Crippen LogP contribution in [0, 0.1) is 0 Å². The Balaban J connectivity index is 2.37. The van der Waals surface area contributed by atoms with E-state index in [2.05, 4.69) is 5.32 Å². The second-order valence-electron chi connectivity index (χ2n) is 4.09. The van der Waals surface area contributed by atoms with Crippen molar-refractivity contribution in [3.05, 3.63) is 0 Å². The number of hydrogen-bond acceptors (Lipinski definition) is 3. The van der Waals surface area contributed by atoms with Gasteiger partial charge >= 0.3 is 0 Å². The van der Waals surface area contributed by atoms with Gasteiger partial charge in [-0.1, -0.05) is 6.92 Å². The van der Waals surface area contributed by atoms with Crippen LogP contribution in [0.2, 0.25) is 0 Å². The van der Waals surface area contributed by atoms with Gasteiger partial charge in [0.1, 0.15) is 5.54 Å². The first-order chi connectivity index (χ1) is 6.58. The van der Waals surface area contributed by atoms with Gasteiger partial charge in [0, 0.05) is 0 Å². The van der Waals surface area contributed by atoms with Crippen LogP contribution >= 0.6 is 0 Å². The number of ether oxygens (including phenoxy) is 1. The molecule has 1 unspecified atom stereocenters. The number of amides is 1. The number of carbonyl (C=O) groups excluding carboxylic acids is 1. The van der Waals surface area contributed by atoms with Gasteiger partial charge in [-0.3, -0.25) is 4.79 Å². The van der Waals surface area contributed by atoms with E-state index >= 15 is 0 Å². The van der Waals surface area contributed by atoms with Gasteiger partial charge in [0.2, 0.25) is 5.91 Å². The second-order valence-corrected chi connectivity index (χ2v) is 4.09. The summed E-state index contributed by atoms with van der Waals surface area (Å²) >= 11 is 0. The van der Waals surface area contributed by atoms with Crippen molar-refractivity contribution >= 4 is 5.91 Å². The van der Waals surface area contributed by atoms with Gasteiger partial charge in [0.05, 0.1) is 12.7 Å². The molecule has 14 heavy (non-hydrogen) atoms. The molecule has 0 aromatic rings. The van der Waals surface area contributed by atoms with Gasteiger partial charge in [-0.15, -0.1) is 0 Å². The zero-order valence-electron chi connectivity index (χ0n) is 9.01. The van der Waals surface area contributed by atoms with Crippen LogP contribution < -0.4 is 11.1 Å². The molecule has 0 aromatic heterocycles. The summed E-state index contributed by atoms with van der Waals surface area (Å²) in [7, 11) is 0. The minimum atomic E-state index is -0.718. The van der Waals surface area contributed by atoms with Crippen LogP contribution in [-0.4, -0.2) is 30.7 Å². The lowest BCUT2D eigenvalue weighted by Crippen LogP contribution is -2.57. The monoisotopic (exact) mass is 200 g/mol. The molecule has 1 atom stereocenters. The van der Waals surface area contributed by atoms with Crippen molar-refractivity contribution in [1.29, 1.82) is 0 Å². The first-order valence-corrected chi connectivity index (χ1v) is 5.25. The first-order valence-electron chi connectivity index (χ1n) is 5.25. The zero-order valence-corrected chi connectivity index (χ0v) is 9.01. The molecule has 3 N–H and O–H groups in total. The third kappa shape index (κ3) is 2.69. The molecule has 0 aliphatic heterocycles. The molecule has 0 bridgehead atoms. The molecule has 1 saturated carbocycles. The topological polar surface area (TPSA) is 64.3 Å². The number of nitrogens with two attached hydrogens (primary N) is 1. The standard InChI is InChI=1S/C10H20N2O2/c1-3-12-10(2,9(11)13)7-14-8-5-4-6-8/h8,12H,3-7H2,1-2H3,(H2,11,13). The summed E-state index contributed by atoms with van der Waals surface area (Å²) in [4.78, 5) is 11.2. The van der Waals surface area contributed by atoms with E-state index in [1.54, 1.807) is 6.92 Å². The Kier molecular flexibility index (Phi) is 3.89. The summed E-state index contributed by atoms with van der Waals surface area (Å²) in [6.07, 6.45) is 3.80. The van der Waals surface area contributed by atoms with Crippen LogP contribution in [0.5, 0.6) is 0 Å². The van der Waals surface area contributed by atoms with Crippen LogP contribution in [0.1, 0.15) is 33.1 Å². The molecule has 0 aromatic carbocycles. The van der Waals surface area contributed by atoms with Crippen molar-refractivity contribution in [3.8, 4) is 0 Å². The Labute approximate surface area is 85.2 Å². The number of likely N-dealkylation sites (N-methyl/N-ethyl adjacent to an activating group) is 1. The zero-order chi connectivity index (χ0) is 10.6. The minimum Gasteiger partial charge on any atom is -0.376 e. The lowest BCUT2D eigenvalue weighted by atomic mass is 9.95. The Hall–Kier alpha value is -0.610. The molecule has 82 valence electrons. The average molecular weight is 200 g/mol. The summed E-state index contributed by atoms with van der Waals surface area (Å²) in [6.45, 7) is 4.83. The first kappa shape index (κ1) is 11.5. The summed E-state index contributed by atoms with van der Waals surface area (Å²) < 4.78 is 5.59. The normalized spacial score (nSPS) is 21.3. The highest BCUT2D eigenvalue weighted by Crippen LogP contribution is 2.23. The van der Waals surface area contributed by atoms with Gasteiger partial charge < -0.3 is 15.8 Å². The maximum Gasteiger partial charge on any atom is 0.239 e. The molecule has 0 radical (unpaired) electrons. The molecule has 1 amide bonds. The van der Waals surface area contributed by atoms with E-state index in [1.165, 1.54) is 6.42 Å². The largest absolute Gasteiger partial charge is 0.376 e. The average Bonchev–Trinajstić information content (AvgIpc) is 2.01. The smallest absolute Gasteiger partial charge is 0.239 e. The van der Waals surface area contributed by atoms with Crippen LogP contribution in [0.25, 0.3) is 0 Å². The maximum atomic E-state index is 11.2. The molecule has 0 spiro atoms. The molecule has 4 heteroatoms. The van der Waals surface area contributed by atoms with E-state index in [9.17, 15) is 4.79 Å². The van der Waals surface area contributed by atoms with Crippen molar-refractivity contribution in [2.45, 2.75) is 44.8 Å². The molecule has 4 nitrogen and oxygen atoms in total. The molecular weight excluding hydrogens is 180 g/mol. The maximum absolute atomic E-state index is 11.2. The number of primary amides is 1. The molecule has 1 fully saturated rings. The molecule has 1 aliphatic rings. The van der Waals surface area contributed by atoms with Gasteiger partial charge in [-0.25, -0.2) is 0 Å². The number of rotatable bonds is 6. The van der Waals surface area contributed by atoms with Gasteiger partial charge in [-0.05, 0) is 32.7 Å². The summed E-state index contributed by atoms with van der Waals surface area (Å²) in [5, 5.41) is 3.06. The van der Waals surface area contributed by atoms with Crippen LogP contribution in [0.3, 0.4) is 0 Å². The quantitative estimate of drug-likeness (QED) is 0.652. The van der Waals surface area contributed by atoms with E-state index < -0.39 is 5.54 Å². The molecule has 1 aliphatic carbocycles. The van der Waals surface area contributed by atoms with Crippen LogP contribution in [-0.2, 0) is 9.53 Å². The molecule has 1 rings (SSSR count). The fourth-order valence-corrected chi connectivity index (χ4v) is 1.42. The lowest BCUT2D eigenvalue weighted by Gasteiger charge is -2.32. The minimum absolute atomic E-state index is 0.340. The van der Waals surface area contributed by atoms with Crippen molar-refractivity contribution in [2.75, 3.05) is 13.2 Å². The number of hydrogen-bond donors (Lipinski definition) is 2. The number of carbonyl (C=O) groups is 1. The molecule has 0 saturated heterocycles. The highest BCUT2D eigenvalue weighted by atomic mass is 16.5. The number of nitrogens with one attached hydrogen (secondary N) is 1. The van der Waals surface area contributed by atoms with Gasteiger partial charge in [0.25, 0.3) is 0 Å². The Bertz CT molecular complexity index is 204.